The van der Waals surface area contributed by atoms with Gasteiger partial charge in [0, 0.05) is 49.1 Å². The number of hydrogen-bond donors (Lipinski definition) is 8. The Balaban J connectivity index is 0.000000733. The quantitative estimate of drug-likeness (QED) is 0.0911. The van der Waals surface area contributed by atoms with Gasteiger partial charge in [-0.15, -0.1) is 23.5 Å². The Kier molecular flexibility index (Phi) is 25.6. The normalized spacial score (nSPS) is 10.5. The van der Waals surface area contributed by atoms with E-state index in [9.17, 15) is 9.59 Å². The molecular formula is C28H44N2O11S2. The number of carboxylic acids is 2. The van der Waals surface area contributed by atoms with Gasteiger partial charge in [0.25, 0.3) is 0 Å². The second-order valence-corrected chi connectivity index (χ2v) is 10.5. The number of aliphatic carboxylic acids is 2. The van der Waals surface area contributed by atoms with E-state index in [1.54, 1.807) is 58.3 Å². The van der Waals surface area contributed by atoms with Gasteiger partial charge in [-0.25, -0.2) is 0 Å². The van der Waals surface area contributed by atoms with E-state index in [1.807, 2.05) is 0 Å². The molecular weight excluding hydrogens is 604 g/mol. The van der Waals surface area contributed by atoms with E-state index < -0.39 is 11.9 Å². The Labute approximate surface area is 260 Å². The number of benzene rings is 2. The van der Waals surface area contributed by atoms with Crippen molar-refractivity contribution >= 4 is 35.5 Å². The first-order valence-electron chi connectivity index (χ1n) is 13.4. The van der Waals surface area contributed by atoms with Gasteiger partial charge in [-0.2, -0.15) is 0 Å². The molecule has 43 heavy (non-hydrogen) atoms. The van der Waals surface area contributed by atoms with Crippen molar-refractivity contribution in [2.45, 2.75) is 9.79 Å². The van der Waals surface area contributed by atoms with Crippen LogP contribution in [-0.2, 0) is 9.59 Å². The summed E-state index contributed by atoms with van der Waals surface area (Å²) in [5.41, 5.74) is 0. The number of nitrogens with zero attached hydrogens (tertiary/aromatic N) is 2. The molecule has 15 heteroatoms. The lowest BCUT2D eigenvalue weighted by molar-refractivity contribution is -0.134. The van der Waals surface area contributed by atoms with Gasteiger partial charge < -0.3 is 45.6 Å². The summed E-state index contributed by atoms with van der Waals surface area (Å²) >= 11 is 2.49. The van der Waals surface area contributed by atoms with Crippen LogP contribution in [0.15, 0.2) is 58.3 Å². The summed E-state index contributed by atoms with van der Waals surface area (Å²) in [4.78, 5) is 26.3. The van der Waals surface area contributed by atoms with Crippen molar-refractivity contribution in [2.75, 3.05) is 90.4 Å². The number of rotatable bonds is 20. The van der Waals surface area contributed by atoms with Crippen LogP contribution < -0.4 is 4.74 Å². The van der Waals surface area contributed by atoms with Gasteiger partial charge in [0.1, 0.15) is 11.5 Å². The number of ether oxygens (including phenoxy) is 1. The SMILES string of the molecule is O=C(O)CSc1ccc(Oc2ccc(SCC(=O)O)cc2)cc1.OCCN(CCO)CCO.OCCN(CCO)CCO. The predicted molar refractivity (Wildman–Crippen MR) is 165 cm³/mol. The molecule has 2 rings (SSSR count). The van der Waals surface area contributed by atoms with Crippen molar-refractivity contribution in [2.24, 2.45) is 0 Å². The lowest BCUT2D eigenvalue weighted by atomic mass is 10.3. The number of aliphatic hydroxyl groups is 6. The predicted octanol–water partition coefficient (Wildman–Crippen LogP) is 0.363. The highest BCUT2D eigenvalue weighted by molar-refractivity contribution is 8.00. The van der Waals surface area contributed by atoms with Gasteiger partial charge in [0.05, 0.1) is 51.1 Å². The average Bonchev–Trinajstić information content (AvgIpc) is 2.98. The molecule has 0 bridgehead atoms. The molecule has 0 aliphatic heterocycles. The molecule has 0 atom stereocenters. The molecule has 0 aromatic heterocycles. The van der Waals surface area contributed by atoms with Crippen LogP contribution in [0, 0.1) is 0 Å². The maximum atomic E-state index is 10.5. The maximum Gasteiger partial charge on any atom is 0.313 e. The Morgan fingerprint density at radius 3 is 0.977 bits per heavy atom. The average molecular weight is 649 g/mol. The van der Waals surface area contributed by atoms with Gasteiger partial charge in [0.2, 0.25) is 0 Å². The smallest absolute Gasteiger partial charge is 0.313 e. The van der Waals surface area contributed by atoms with Crippen molar-refractivity contribution in [3.8, 4) is 11.5 Å². The Morgan fingerprint density at radius 2 is 0.767 bits per heavy atom. The molecule has 8 N–H and O–H groups in total. The molecule has 0 saturated heterocycles. The molecule has 0 spiro atoms. The van der Waals surface area contributed by atoms with Crippen LogP contribution in [-0.4, -0.2) is 153 Å². The second-order valence-electron chi connectivity index (χ2n) is 8.43. The molecule has 0 amide bonds. The van der Waals surface area contributed by atoms with E-state index in [0.29, 0.717) is 50.8 Å². The first-order valence-corrected chi connectivity index (χ1v) is 15.4. The largest absolute Gasteiger partial charge is 0.481 e. The number of carboxylic acid groups (broad SMARTS) is 2. The maximum absolute atomic E-state index is 10.5. The Bertz CT molecular complexity index is 864. The van der Waals surface area contributed by atoms with Crippen LogP contribution in [0.1, 0.15) is 0 Å². The fourth-order valence-electron chi connectivity index (χ4n) is 3.15. The second kappa shape index (κ2) is 27.1. The van der Waals surface area contributed by atoms with E-state index in [0.717, 1.165) is 9.79 Å². The summed E-state index contributed by atoms with van der Waals surface area (Å²) in [7, 11) is 0. The Morgan fingerprint density at radius 1 is 0.512 bits per heavy atom. The topological polar surface area (TPSA) is 212 Å². The molecule has 0 saturated carbocycles. The van der Waals surface area contributed by atoms with Gasteiger partial charge in [-0.3, -0.25) is 19.4 Å². The highest BCUT2D eigenvalue weighted by Crippen LogP contribution is 2.27. The van der Waals surface area contributed by atoms with Crippen LogP contribution in [0.4, 0.5) is 0 Å². The van der Waals surface area contributed by atoms with Crippen molar-refractivity contribution in [1.82, 2.24) is 9.80 Å². The molecule has 2 aromatic rings. The van der Waals surface area contributed by atoms with Crippen LogP contribution in [0.2, 0.25) is 0 Å². The molecule has 0 radical (unpaired) electrons. The summed E-state index contributed by atoms with van der Waals surface area (Å²) in [5, 5.41) is 68.2. The number of hydrogen-bond acceptors (Lipinski definition) is 13. The molecule has 0 unspecified atom stereocenters. The van der Waals surface area contributed by atoms with Gasteiger partial charge >= 0.3 is 11.9 Å². The van der Waals surface area contributed by atoms with E-state index in [1.165, 1.54) is 23.5 Å². The first-order chi connectivity index (χ1) is 20.7. The third-order valence-electron chi connectivity index (χ3n) is 5.11. The molecule has 0 aliphatic carbocycles. The number of thioether (sulfide) groups is 2. The van der Waals surface area contributed by atoms with Gasteiger partial charge in [-0.1, -0.05) is 0 Å². The molecule has 13 nitrogen and oxygen atoms in total. The monoisotopic (exact) mass is 648 g/mol. The van der Waals surface area contributed by atoms with Gasteiger partial charge in [-0.05, 0) is 48.5 Å². The number of aliphatic hydroxyl groups excluding tert-OH is 6. The summed E-state index contributed by atoms with van der Waals surface area (Å²) in [6.07, 6.45) is 0. The van der Waals surface area contributed by atoms with Crippen molar-refractivity contribution in [3.63, 3.8) is 0 Å². The van der Waals surface area contributed by atoms with Crippen LogP contribution >= 0.6 is 23.5 Å². The molecule has 0 heterocycles. The van der Waals surface area contributed by atoms with Crippen molar-refractivity contribution < 1.29 is 55.2 Å². The fourth-order valence-corrected chi connectivity index (χ4v) is 4.39. The van der Waals surface area contributed by atoms with E-state index in [2.05, 4.69) is 0 Å². The zero-order valence-corrected chi connectivity index (χ0v) is 25.7. The fraction of sp³-hybridized carbons (Fsp3) is 0.500. The highest BCUT2D eigenvalue weighted by Gasteiger charge is 2.04. The molecule has 0 aliphatic rings. The zero-order valence-electron chi connectivity index (χ0n) is 24.0. The van der Waals surface area contributed by atoms with Crippen molar-refractivity contribution in [3.05, 3.63) is 48.5 Å². The zero-order chi connectivity index (χ0) is 32.3. The van der Waals surface area contributed by atoms with E-state index in [4.69, 9.17) is 45.6 Å². The van der Waals surface area contributed by atoms with Crippen LogP contribution in [0.25, 0.3) is 0 Å². The minimum atomic E-state index is -0.851. The third-order valence-corrected chi connectivity index (χ3v) is 7.10. The molecule has 244 valence electrons. The summed E-state index contributed by atoms with van der Waals surface area (Å²) in [6.45, 7) is 3.51. The van der Waals surface area contributed by atoms with Crippen LogP contribution in [0.3, 0.4) is 0 Å². The number of carbonyl (C=O) groups is 2. The lowest BCUT2D eigenvalue weighted by Gasteiger charge is -2.17. The highest BCUT2D eigenvalue weighted by atomic mass is 32.2. The summed E-state index contributed by atoms with van der Waals surface area (Å²) in [5.74, 6) is -0.357. The lowest BCUT2D eigenvalue weighted by Crippen LogP contribution is -2.32. The third kappa shape index (κ3) is 22.7. The minimum absolute atomic E-state index is 0.0235. The van der Waals surface area contributed by atoms with Gasteiger partial charge in [0.15, 0.2) is 0 Å². The summed E-state index contributed by atoms with van der Waals surface area (Å²) < 4.78 is 5.69. The molecule has 2 aromatic carbocycles. The van der Waals surface area contributed by atoms with Crippen molar-refractivity contribution in [1.29, 1.82) is 0 Å². The van der Waals surface area contributed by atoms with E-state index >= 15 is 0 Å². The van der Waals surface area contributed by atoms with Crippen LogP contribution in [0.5, 0.6) is 11.5 Å². The summed E-state index contributed by atoms with van der Waals surface area (Å²) in [6, 6.07) is 14.3. The standard InChI is InChI=1S/C16H14O5S2.2C6H15NO3/c17-15(18)9-22-13-5-1-11(2-6-13)21-12-3-7-14(8-4-12)23-10-16(19)20;2*8-4-1-7(2-5-9)3-6-10/h1-8H,9-10H2,(H,17,18)(H,19,20);2*8-10H,1-6H2. The first kappa shape index (κ1) is 40.6. The Hall–Kier alpha value is -2.44. The minimum Gasteiger partial charge on any atom is -0.481 e. The molecule has 0 fully saturated rings. The van der Waals surface area contributed by atoms with E-state index in [-0.39, 0.29) is 51.1 Å².